The molecule has 1 saturated heterocycles. The number of carbonyl (C=O) groups excluding carboxylic acids is 2. The number of nitrogen functional groups attached to an aromatic ring is 1. The van der Waals surface area contributed by atoms with Gasteiger partial charge in [-0.3, -0.25) is 9.59 Å². The van der Waals surface area contributed by atoms with E-state index >= 15 is 0 Å². The lowest BCUT2D eigenvalue weighted by Gasteiger charge is -2.23. The third kappa shape index (κ3) is 4.72. The number of nitrogens with zero attached hydrogens (tertiary/aromatic N) is 2. The van der Waals surface area contributed by atoms with Crippen molar-refractivity contribution in [1.29, 1.82) is 0 Å². The standard InChI is InChI=1S/C24H26FN5O4/c1-33-19-9-8-16(25)11-18(19)24(32)28-12-14-4-6-15(7-5-14)21-20(23(27)31)22(26)30(29-21)17-3-2-10-34-13-17/h4-9,11,17H,2-3,10,12-13,26H2,1H3,(H2,27,31)(H,28,32). The topological polar surface area (TPSA) is 134 Å². The molecule has 0 aliphatic carbocycles. The van der Waals surface area contributed by atoms with Crippen molar-refractivity contribution in [3.63, 3.8) is 0 Å². The van der Waals surface area contributed by atoms with Crippen molar-refractivity contribution in [3.05, 3.63) is 65.0 Å². The average Bonchev–Trinajstić information content (AvgIpc) is 3.20. The lowest BCUT2D eigenvalue weighted by Crippen LogP contribution is -2.24. The summed E-state index contributed by atoms with van der Waals surface area (Å²) in [7, 11) is 1.42. The molecule has 2 heterocycles. The summed E-state index contributed by atoms with van der Waals surface area (Å²) >= 11 is 0. The maximum atomic E-state index is 13.6. The average molecular weight is 468 g/mol. The smallest absolute Gasteiger partial charge is 0.255 e. The van der Waals surface area contributed by atoms with Crippen molar-refractivity contribution in [2.75, 3.05) is 26.1 Å². The summed E-state index contributed by atoms with van der Waals surface area (Å²) in [5.74, 6) is -1.14. The molecule has 5 N–H and O–H groups in total. The van der Waals surface area contributed by atoms with Gasteiger partial charge in [0.1, 0.15) is 28.6 Å². The lowest BCUT2D eigenvalue weighted by molar-refractivity contribution is 0.0558. The van der Waals surface area contributed by atoms with E-state index in [0.717, 1.165) is 24.5 Å². The number of anilines is 1. The first-order valence-electron chi connectivity index (χ1n) is 10.9. The SMILES string of the molecule is COc1ccc(F)cc1C(=O)NCc1ccc(-c2nn(C3CCCOC3)c(N)c2C(N)=O)cc1. The molecule has 1 aliphatic heterocycles. The minimum atomic E-state index is -0.657. The fourth-order valence-corrected chi connectivity index (χ4v) is 4.00. The zero-order valence-corrected chi connectivity index (χ0v) is 18.7. The Bertz CT molecular complexity index is 1200. The van der Waals surface area contributed by atoms with E-state index in [-0.39, 0.29) is 35.3 Å². The Labute approximate surface area is 195 Å². The van der Waals surface area contributed by atoms with Crippen molar-refractivity contribution in [3.8, 4) is 17.0 Å². The van der Waals surface area contributed by atoms with E-state index in [1.165, 1.54) is 19.2 Å². The van der Waals surface area contributed by atoms with Gasteiger partial charge in [-0.1, -0.05) is 24.3 Å². The first-order chi connectivity index (χ1) is 16.4. The molecule has 1 fully saturated rings. The molecule has 0 bridgehead atoms. The second-order valence-corrected chi connectivity index (χ2v) is 8.01. The number of aromatic nitrogens is 2. The third-order valence-electron chi connectivity index (χ3n) is 5.76. The molecule has 2 amide bonds. The molecule has 178 valence electrons. The second-order valence-electron chi connectivity index (χ2n) is 8.01. The Morgan fingerprint density at radius 1 is 1.26 bits per heavy atom. The van der Waals surface area contributed by atoms with Gasteiger partial charge in [0.2, 0.25) is 0 Å². The zero-order valence-electron chi connectivity index (χ0n) is 18.7. The van der Waals surface area contributed by atoms with Gasteiger partial charge in [0, 0.05) is 18.7 Å². The van der Waals surface area contributed by atoms with Crippen LogP contribution in [0.25, 0.3) is 11.3 Å². The fraction of sp³-hybridized carbons (Fsp3) is 0.292. The predicted octanol–water partition coefficient (Wildman–Crippen LogP) is 2.66. The number of primary amides is 1. The number of hydrogen-bond donors (Lipinski definition) is 3. The van der Waals surface area contributed by atoms with Crippen LogP contribution in [-0.2, 0) is 11.3 Å². The number of halogens is 1. The highest BCUT2D eigenvalue weighted by Gasteiger charge is 2.26. The van der Waals surface area contributed by atoms with Crippen LogP contribution in [-0.4, -0.2) is 41.9 Å². The van der Waals surface area contributed by atoms with Gasteiger partial charge in [-0.25, -0.2) is 9.07 Å². The zero-order chi connectivity index (χ0) is 24.2. The number of methoxy groups -OCH3 is 1. The fourth-order valence-electron chi connectivity index (χ4n) is 4.00. The Morgan fingerprint density at radius 3 is 2.68 bits per heavy atom. The Hall–Kier alpha value is -3.92. The van der Waals surface area contributed by atoms with Gasteiger partial charge < -0.3 is 26.3 Å². The Morgan fingerprint density at radius 2 is 2.03 bits per heavy atom. The highest BCUT2D eigenvalue weighted by molar-refractivity contribution is 6.03. The summed E-state index contributed by atoms with van der Waals surface area (Å²) in [6.07, 6.45) is 1.73. The molecule has 0 spiro atoms. The minimum Gasteiger partial charge on any atom is -0.496 e. The van der Waals surface area contributed by atoms with Gasteiger partial charge in [-0.05, 0) is 36.6 Å². The van der Waals surface area contributed by atoms with E-state index in [1.54, 1.807) is 28.9 Å². The van der Waals surface area contributed by atoms with Gasteiger partial charge in [-0.2, -0.15) is 5.10 Å². The largest absolute Gasteiger partial charge is 0.496 e. The van der Waals surface area contributed by atoms with Gasteiger partial charge in [-0.15, -0.1) is 0 Å². The molecule has 0 saturated carbocycles. The van der Waals surface area contributed by atoms with Crippen molar-refractivity contribution < 1.29 is 23.5 Å². The molecule has 9 nitrogen and oxygen atoms in total. The van der Waals surface area contributed by atoms with Crippen molar-refractivity contribution in [2.24, 2.45) is 5.73 Å². The predicted molar refractivity (Wildman–Crippen MR) is 124 cm³/mol. The Kier molecular flexibility index (Phi) is 6.78. The van der Waals surface area contributed by atoms with Gasteiger partial charge in [0.25, 0.3) is 11.8 Å². The maximum absolute atomic E-state index is 13.6. The van der Waals surface area contributed by atoms with Crippen LogP contribution in [0.5, 0.6) is 5.75 Å². The number of nitrogens with one attached hydrogen (secondary N) is 1. The van der Waals surface area contributed by atoms with Crippen LogP contribution in [0.3, 0.4) is 0 Å². The number of benzene rings is 2. The van der Waals surface area contributed by atoms with Crippen molar-refractivity contribution >= 4 is 17.6 Å². The van der Waals surface area contributed by atoms with E-state index < -0.39 is 17.6 Å². The molecular weight excluding hydrogens is 441 g/mol. The van der Waals surface area contributed by atoms with Crippen LogP contribution in [0.2, 0.25) is 0 Å². The summed E-state index contributed by atoms with van der Waals surface area (Å²) in [6.45, 7) is 1.37. The number of amides is 2. The molecule has 1 unspecified atom stereocenters. The molecule has 3 aromatic rings. The maximum Gasteiger partial charge on any atom is 0.255 e. The van der Waals surface area contributed by atoms with Crippen LogP contribution in [0.4, 0.5) is 10.2 Å². The van der Waals surface area contributed by atoms with E-state index in [0.29, 0.717) is 24.5 Å². The van der Waals surface area contributed by atoms with E-state index in [4.69, 9.17) is 20.9 Å². The summed E-state index contributed by atoms with van der Waals surface area (Å²) in [4.78, 5) is 24.6. The normalized spacial score (nSPS) is 15.6. The van der Waals surface area contributed by atoms with Gasteiger partial charge in [0.15, 0.2) is 0 Å². The number of nitrogens with two attached hydrogens (primary N) is 2. The summed E-state index contributed by atoms with van der Waals surface area (Å²) in [5, 5.41) is 7.34. The van der Waals surface area contributed by atoms with Gasteiger partial charge >= 0.3 is 0 Å². The van der Waals surface area contributed by atoms with Crippen LogP contribution in [0, 0.1) is 5.82 Å². The Balaban J connectivity index is 1.52. The molecule has 34 heavy (non-hydrogen) atoms. The van der Waals surface area contributed by atoms with Crippen LogP contribution < -0.4 is 21.5 Å². The van der Waals surface area contributed by atoms with Crippen LogP contribution >= 0.6 is 0 Å². The highest BCUT2D eigenvalue weighted by atomic mass is 19.1. The van der Waals surface area contributed by atoms with Crippen LogP contribution in [0.1, 0.15) is 45.2 Å². The number of carbonyl (C=O) groups is 2. The van der Waals surface area contributed by atoms with E-state index in [2.05, 4.69) is 10.4 Å². The third-order valence-corrected chi connectivity index (χ3v) is 5.76. The second kappa shape index (κ2) is 9.92. The number of hydrogen-bond acceptors (Lipinski definition) is 6. The molecule has 10 heteroatoms. The lowest BCUT2D eigenvalue weighted by atomic mass is 10.0. The molecule has 1 aliphatic rings. The molecule has 4 rings (SSSR count). The highest BCUT2D eigenvalue weighted by Crippen LogP contribution is 2.31. The summed E-state index contributed by atoms with van der Waals surface area (Å²) in [6, 6.07) is 10.8. The number of ether oxygens (including phenoxy) is 2. The summed E-state index contributed by atoms with van der Waals surface area (Å²) in [5.41, 5.74) is 14.0. The van der Waals surface area contributed by atoms with E-state index in [1.807, 2.05) is 0 Å². The number of rotatable bonds is 7. The van der Waals surface area contributed by atoms with Gasteiger partial charge in [0.05, 0.1) is 25.3 Å². The monoisotopic (exact) mass is 467 g/mol. The molecule has 2 aromatic carbocycles. The quantitative estimate of drug-likeness (QED) is 0.489. The molecule has 1 aromatic heterocycles. The first kappa shape index (κ1) is 23.2. The van der Waals surface area contributed by atoms with Crippen LogP contribution in [0.15, 0.2) is 42.5 Å². The molecular formula is C24H26FN5O4. The summed E-state index contributed by atoms with van der Waals surface area (Å²) < 4.78 is 25.8. The first-order valence-corrected chi connectivity index (χ1v) is 10.9. The van der Waals surface area contributed by atoms with E-state index in [9.17, 15) is 14.0 Å². The molecule has 1 atom stereocenters. The van der Waals surface area contributed by atoms with Crippen molar-refractivity contribution in [2.45, 2.75) is 25.4 Å². The van der Waals surface area contributed by atoms with Crippen molar-refractivity contribution in [1.82, 2.24) is 15.1 Å². The molecule has 0 radical (unpaired) electrons. The minimum absolute atomic E-state index is 0.0603.